The van der Waals surface area contributed by atoms with Crippen LogP contribution in [-0.4, -0.2) is 195 Å². The number of benzene rings is 3. The van der Waals surface area contributed by atoms with Gasteiger partial charge in [0, 0.05) is 30.3 Å². The van der Waals surface area contributed by atoms with Gasteiger partial charge in [0.25, 0.3) is 0 Å². The Balaban J connectivity index is 1.26. The van der Waals surface area contributed by atoms with Crippen LogP contribution in [0.3, 0.4) is 0 Å². The molecule has 3 aromatic carbocycles. The van der Waals surface area contributed by atoms with Gasteiger partial charge in [-0.05, 0) is 23.8 Å². The Kier molecular flexibility index (Phi) is 14.7. The molecule has 24 heteroatoms. The largest absolute Gasteiger partial charge is 0.508 e. The van der Waals surface area contributed by atoms with E-state index in [1.54, 1.807) is 0 Å². The maximum Gasteiger partial charge on any atom is 0.402 e. The number of ether oxygens (including phenoxy) is 7. The average Bonchev–Trinajstić information content (AvgIpc) is 3.29. The maximum atomic E-state index is 12.9. The summed E-state index contributed by atoms with van der Waals surface area (Å²) in [5.41, 5.74) is -0.0285. The van der Waals surface area contributed by atoms with Gasteiger partial charge in [0.15, 0.2) is 35.7 Å². The number of carbonyl (C=O) groups excluding carboxylic acids is 1. The standard InChI is InChI=1S/C42H46O24/c43-12-25-30(52)33(55)35(57)40(62-25)60-23-10-18(47)9-22-19(23)11-24(37(59-22)16-7-20(48)29(51)21(49)8-16)61-42-39(34(56)31(53)26(13-44)64-42)66-41-36(58)38(32(54)27(14-45)63-41)65-28(50)6-3-15-1-4-17(46)5-2-15/h1-11,25-27,30-36,38-45,52-58H,12-14H2,(H4-,46,47,48,49,50,51)/p+1/t25-,26-,27-,30-,31-,32-,33-,34-,35-,36-,38-,39-,40-,41+,42-/m1/s1. The monoisotopic (exact) mass is 935 g/mol. The van der Waals surface area contributed by atoms with Crippen molar-refractivity contribution in [3.05, 3.63) is 66.2 Å². The fraction of sp³-hybridized carbons (Fsp3) is 0.429. The van der Waals surface area contributed by atoms with Crippen LogP contribution in [0.2, 0.25) is 0 Å². The van der Waals surface area contributed by atoms with Crippen LogP contribution in [0.25, 0.3) is 28.4 Å². The van der Waals surface area contributed by atoms with Crippen molar-refractivity contribution in [1.29, 1.82) is 0 Å². The molecule has 4 aromatic rings. The van der Waals surface area contributed by atoms with Crippen LogP contribution < -0.4 is 9.47 Å². The van der Waals surface area contributed by atoms with Crippen molar-refractivity contribution in [2.45, 2.75) is 92.1 Å². The minimum atomic E-state index is -2.10. The van der Waals surface area contributed by atoms with Crippen molar-refractivity contribution in [2.75, 3.05) is 19.8 Å². The van der Waals surface area contributed by atoms with Gasteiger partial charge < -0.3 is 110 Å². The molecule has 3 aliphatic rings. The number of hydrogen-bond acceptors (Lipinski definition) is 23. The average molecular weight is 936 g/mol. The molecule has 0 saturated carbocycles. The topological polar surface area (TPSA) is 396 Å². The van der Waals surface area contributed by atoms with Gasteiger partial charge in [-0.3, -0.25) is 0 Å². The predicted molar refractivity (Wildman–Crippen MR) is 215 cm³/mol. The lowest BCUT2D eigenvalue weighted by molar-refractivity contribution is -0.358. The lowest BCUT2D eigenvalue weighted by Gasteiger charge is -2.46. The zero-order valence-corrected chi connectivity index (χ0v) is 34.0. The van der Waals surface area contributed by atoms with Gasteiger partial charge >= 0.3 is 17.3 Å². The minimum Gasteiger partial charge on any atom is -0.508 e. The van der Waals surface area contributed by atoms with Crippen LogP contribution in [0.4, 0.5) is 0 Å². The van der Waals surface area contributed by atoms with E-state index in [-0.39, 0.29) is 28.0 Å². The second kappa shape index (κ2) is 20.0. The number of aromatic hydroxyl groups is 5. The maximum absolute atomic E-state index is 12.9. The molecule has 1 aromatic heterocycles. The number of phenols is 5. The third-order valence-electron chi connectivity index (χ3n) is 11.0. The zero-order valence-electron chi connectivity index (χ0n) is 34.0. The second-order valence-corrected chi connectivity index (χ2v) is 15.4. The van der Waals surface area contributed by atoms with Gasteiger partial charge in [-0.2, -0.15) is 0 Å². The first-order chi connectivity index (χ1) is 31.4. The van der Waals surface area contributed by atoms with Crippen LogP contribution in [0.5, 0.6) is 40.2 Å². The molecule has 4 heterocycles. The number of aliphatic hydroxyl groups is 10. The Morgan fingerprint density at radius 3 is 1.80 bits per heavy atom. The number of carbonyl (C=O) groups is 1. The van der Waals surface area contributed by atoms with E-state index >= 15 is 0 Å². The lowest BCUT2D eigenvalue weighted by Crippen LogP contribution is -2.65. The molecule has 0 unspecified atom stereocenters. The first-order valence-electron chi connectivity index (χ1n) is 20.0. The van der Waals surface area contributed by atoms with E-state index in [9.17, 15) is 81.4 Å². The number of hydrogen-bond donors (Lipinski definition) is 15. The molecule has 15 atom stereocenters. The summed E-state index contributed by atoms with van der Waals surface area (Å²) in [6.45, 7) is -2.68. The third kappa shape index (κ3) is 9.87. The minimum absolute atomic E-state index is 0.0366. The number of aliphatic hydroxyl groups excluding tert-OH is 10. The normalized spacial score (nSPS) is 32.6. The van der Waals surface area contributed by atoms with Crippen molar-refractivity contribution in [3.63, 3.8) is 0 Å². The summed E-state index contributed by atoms with van der Waals surface area (Å²) < 4.78 is 46.3. The molecule has 15 N–H and O–H groups in total. The Morgan fingerprint density at radius 2 is 1.17 bits per heavy atom. The van der Waals surface area contributed by atoms with Crippen molar-refractivity contribution in [1.82, 2.24) is 0 Å². The van der Waals surface area contributed by atoms with E-state index in [4.69, 9.17) is 37.6 Å². The second-order valence-electron chi connectivity index (χ2n) is 15.4. The smallest absolute Gasteiger partial charge is 0.402 e. The molecule has 3 aliphatic heterocycles. The summed E-state index contributed by atoms with van der Waals surface area (Å²) in [7, 11) is 0. The van der Waals surface area contributed by atoms with Crippen molar-refractivity contribution in [2.24, 2.45) is 0 Å². The molecular weight excluding hydrogens is 888 g/mol. The first kappa shape index (κ1) is 48.3. The number of esters is 1. The summed E-state index contributed by atoms with van der Waals surface area (Å²) in [4.78, 5) is 12.9. The molecular formula is C42H47O24+. The molecule has 0 spiro atoms. The quantitative estimate of drug-likeness (QED) is 0.0282. The molecule has 3 saturated heterocycles. The highest BCUT2D eigenvalue weighted by Crippen LogP contribution is 2.46. The van der Waals surface area contributed by atoms with Crippen molar-refractivity contribution >= 4 is 23.0 Å². The van der Waals surface area contributed by atoms with E-state index in [2.05, 4.69) is 0 Å². The summed E-state index contributed by atoms with van der Waals surface area (Å²) in [5.74, 6) is -5.60. The van der Waals surface area contributed by atoms with Gasteiger partial charge in [0.2, 0.25) is 18.3 Å². The number of fused-ring (bicyclic) bond motifs is 1. The first-order valence-corrected chi connectivity index (χ1v) is 20.0. The number of phenolic OH excluding ortho intramolecular Hbond substituents is 5. The highest BCUT2D eigenvalue weighted by molar-refractivity contribution is 5.89. The molecule has 0 aliphatic carbocycles. The van der Waals surface area contributed by atoms with Gasteiger partial charge in [0.1, 0.15) is 83.7 Å². The van der Waals surface area contributed by atoms with Gasteiger partial charge in [-0.1, -0.05) is 12.1 Å². The van der Waals surface area contributed by atoms with Crippen LogP contribution in [0.15, 0.2) is 65.1 Å². The van der Waals surface area contributed by atoms with Gasteiger partial charge in [-0.15, -0.1) is 0 Å². The molecule has 358 valence electrons. The highest BCUT2D eigenvalue weighted by Gasteiger charge is 2.53. The van der Waals surface area contributed by atoms with Crippen molar-refractivity contribution in [3.8, 4) is 51.6 Å². The molecule has 66 heavy (non-hydrogen) atoms. The van der Waals surface area contributed by atoms with E-state index in [0.717, 1.165) is 36.4 Å². The number of rotatable bonds is 13. The van der Waals surface area contributed by atoms with E-state index in [1.165, 1.54) is 30.3 Å². The molecule has 0 radical (unpaired) electrons. The molecule has 0 amide bonds. The Morgan fingerprint density at radius 1 is 0.591 bits per heavy atom. The van der Waals surface area contributed by atoms with Gasteiger partial charge in [0.05, 0.1) is 31.5 Å². The third-order valence-corrected chi connectivity index (χ3v) is 11.0. The summed E-state index contributed by atoms with van der Waals surface area (Å²) in [6, 6.07) is 10.7. The molecule has 0 bridgehead atoms. The van der Waals surface area contributed by atoms with Crippen LogP contribution >= 0.6 is 0 Å². The zero-order chi connectivity index (χ0) is 47.7. The highest BCUT2D eigenvalue weighted by atomic mass is 16.8. The summed E-state index contributed by atoms with van der Waals surface area (Å²) in [6.07, 6.45) is -25.6. The molecule has 3 fully saturated rings. The van der Waals surface area contributed by atoms with Crippen molar-refractivity contribution < 1.29 is 119 Å². The Hall–Kier alpha value is -5.68. The Bertz CT molecular complexity index is 2340. The molecule has 24 nitrogen and oxygen atoms in total. The van der Waals surface area contributed by atoms with Crippen LogP contribution in [-0.2, 0) is 28.5 Å². The predicted octanol–water partition coefficient (Wildman–Crippen LogP) is -2.65. The fourth-order valence-electron chi connectivity index (χ4n) is 7.39. The van der Waals surface area contributed by atoms with E-state index in [1.807, 2.05) is 0 Å². The summed E-state index contributed by atoms with van der Waals surface area (Å²) in [5, 5.41) is 157. The van der Waals surface area contributed by atoms with Crippen LogP contribution in [0.1, 0.15) is 5.56 Å². The SMILES string of the molecule is O=C(/C=C/c1ccc(O)cc1)O[C@H]1[C@@H](O)[C@H](O[C@H]2[C@H](Oc3cc4c(O[C@@H]5O[C@H](CO)[C@@H](O)[C@@H](O)[C@H]5O)cc(O)cc4[o+]c3-c3cc(O)c(O)c(O)c3)O[C@H](CO)[C@@H](O)[C@H]2O)O[C@H](CO)[C@H]1O. The Labute approximate surface area is 371 Å². The fourth-order valence-corrected chi connectivity index (χ4v) is 7.39. The van der Waals surface area contributed by atoms with Gasteiger partial charge in [-0.25, -0.2) is 9.21 Å². The van der Waals surface area contributed by atoms with E-state index < -0.39 is 152 Å². The summed E-state index contributed by atoms with van der Waals surface area (Å²) >= 11 is 0. The van der Waals surface area contributed by atoms with E-state index in [0.29, 0.717) is 5.56 Å². The molecule has 7 rings (SSSR count). The van der Waals surface area contributed by atoms with Crippen LogP contribution in [0, 0.1) is 0 Å². The lowest BCUT2D eigenvalue weighted by atomic mass is 9.97.